The Kier molecular flexibility index (Phi) is 16.8. The molecule has 10 rings (SSSR count). The van der Waals surface area contributed by atoms with Crippen LogP contribution in [0.1, 0.15) is 64.8 Å². The smallest absolute Gasteiger partial charge is 0.312 e. The zero-order chi connectivity index (χ0) is 47.1. The fraction of sp³-hybridized carbons (Fsp3) is 0.500. The molecule has 4 aliphatic heterocycles. The zero-order valence-corrected chi connectivity index (χ0v) is 40.8. The molecular weight excluding hydrogens is 943 g/mol. The molecule has 24 heteroatoms. The van der Waals surface area contributed by atoms with Gasteiger partial charge < -0.3 is 39.8 Å². The molecule has 3 N–H and O–H groups in total. The molecule has 4 aliphatic rings. The molecule has 6 aromatic rings. The van der Waals surface area contributed by atoms with Gasteiger partial charge in [-0.2, -0.15) is 24.3 Å². The number of morpholine rings is 2. The van der Waals surface area contributed by atoms with E-state index in [0.29, 0.717) is 77.9 Å². The van der Waals surface area contributed by atoms with Crippen molar-refractivity contribution in [1.82, 2.24) is 44.4 Å². The van der Waals surface area contributed by atoms with Crippen molar-refractivity contribution in [3.63, 3.8) is 0 Å². The third kappa shape index (κ3) is 12.7. The van der Waals surface area contributed by atoms with Crippen molar-refractivity contribution in [2.24, 2.45) is 0 Å². The van der Waals surface area contributed by atoms with E-state index in [1.807, 2.05) is 11.5 Å². The van der Waals surface area contributed by atoms with Crippen LogP contribution in [-0.2, 0) is 38.6 Å². The topological polar surface area (TPSA) is 232 Å². The van der Waals surface area contributed by atoms with Crippen molar-refractivity contribution in [2.75, 3.05) is 80.7 Å². The molecule has 2 unspecified atom stereocenters. The number of hydrogen-bond donors (Lipinski definition) is 3. The SMILES string of the molecule is CS(=O)(=O)c1ccc(Nc2nc(F)nc3c2ncn3C2CCCCO2)cc1.C[C@@H]1CN(c2nc(Nc3ccc(S(C)(=O)=O)cc3)c3ncn(C4CCCCO4)c3n2)CCO1.C[C@@H]1CNCCO1.Cl. The number of halogens is 2. The van der Waals surface area contributed by atoms with Gasteiger partial charge in [0.1, 0.15) is 12.5 Å². The van der Waals surface area contributed by atoms with E-state index in [1.54, 1.807) is 53.6 Å². The van der Waals surface area contributed by atoms with E-state index in [2.05, 4.69) is 47.7 Å². The highest BCUT2D eigenvalue weighted by molar-refractivity contribution is 7.91. The number of sulfone groups is 2. The van der Waals surface area contributed by atoms with Gasteiger partial charge in [0.15, 0.2) is 53.6 Å². The Labute approximate surface area is 401 Å². The number of benzene rings is 2. The van der Waals surface area contributed by atoms with Crippen molar-refractivity contribution in [1.29, 1.82) is 0 Å². The Morgan fingerprint density at radius 2 is 1.16 bits per heavy atom. The summed E-state index contributed by atoms with van der Waals surface area (Å²) in [4.78, 5) is 28.9. The number of nitrogens with zero attached hydrogens (tertiary/aromatic N) is 9. The quantitative estimate of drug-likeness (QED) is 0.138. The highest BCUT2D eigenvalue weighted by atomic mass is 35.5. The van der Waals surface area contributed by atoms with Gasteiger partial charge in [0.25, 0.3) is 0 Å². The molecule has 368 valence electrons. The predicted octanol–water partition coefficient (Wildman–Crippen LogP) is 6.13. The average Bonchev–Trinajstić information content (AvgIpc) is 3.95. The van der Waals surface area contributed by atoms with Crippen molar-refractivity contribution in [2.45, 2.75) is 86.8 Å². The third-order valence-corrected chi connectivity index (χ3v) is 13.7. The molecule has 0 aliphatic carbocycles. The van der Waals surface area contributed by atoms with Gasteiger partial charge in [-0.05, 0) is 101 Å². The molecule has 4 atom stereocenters. The Morgan fingerprint density at radius 1 is 0.647 bits per heavy atom. The lowest BCUT2D eigenvalue weighted by molar-refractivity contribution is -0.0299. The number of imidazole rings is 2. The van der Waals surface area contributed by atoms with Crippen molar-refractivity contribution < 1.29 is 40.2 Å². The number of hydrogen-bond acceptors (Lipinski definition) is 18. The number of ether oxygens (including phenoxy) is 4. The van der Waals surface area contributed by atoms with Crippen molar-refractivity contribution in [3.8, 4) is 0 Å². The molecule has 4 aromatic heterocycles. The Balaban J connectivity index is 0.000000176. The van der Waals surface area contributed by atoms with E-state index in [9.17, 15) is 21.2 Å². The zero-order valence-electron chi connectivity index (χ0n) is 38.4. The fourth-order valence-corrected chi connectivity index (χ4v) is 9.22. The van der Waals surface area contributed by atoms with Gasteiger partial charge in [0.2, 0.25) is 5.95 Å². The molecule has 0 radical (unpaired) electrons. The minimum atomic E-state index is -3.29. The first-order valence-electron chi connectivity index (χ1n) is 22.4. The first kappa shape index (κ1) is 50.7. The molecule has 0 spiro atoms. The molecule has 68 heavy (non-hydrogen) atoms. The van der Waals surface area contributed by atoms with Crippen LogP contribution in [-0.4, -0.2) is 133 Å². The van der Waals surface area contributed by atoms with Crippen LogP contribution in [0.5, 0.6) is 0 Å². The molecule has 4 fully saturated rings. The minimum absolute atomic E-state index is 0. The summed E-state index contributed by atoms with van der Waals surface area (Å²) in [5, 5.41) is 9.50. The monoisotopic (exact) mass is 1000 g/mol. The van der Waals surface area contributed by atoms with Crippen LogP contribution in [0, 0.1) is 6.08 Å². The lowest BCUT2D eigenvalue weighted by Crippen LogP contribution is -2.42. The first-order chi connectivity index (χ1) is 32.2. The second kappa shape index (κ2) is 22.5. The average molecular weight is 1000 g/mol. The predicted molar refractivity (Wildman–Crippen MR) is 257 cm³/mol. The van der Waals surface area contributed by atoms with E-state index < -0.39 is 25.8 Å². The summed E-state index contributed by atoms with van der Waals surface area (Å²) in [6, 6.07) is 12.7. The number of fused-ring (bicyclic) bond motifs is 2. The summed E-state index contributed by atoms with van der Waals surface area (Å²) in [7, 11) is -6.55. The molecule has 20 nitrogen and oxygen atoms in total. The lowest BCUT2D eigenvalue weighted by atomic mass is 10.2. The molecule has 2 aromatic carbocycles. The number of rotatable bonds is 9. The summed E-state index contributed by atoms with van der Waals surface area (Å²) in [6.07, 6.45) is 10.9. The molecule has 0 amide bonds. The summed E-state index contributed by atoms with van der Waals surface area (Å²) in [5.74, 6) is 1.38. The van der Waals surface area contributed by atoms with Crippen molar-refractivity contribution in [3.05, 3.63) is 67.3 Å². The molecule has 4 saturated heterocycles. The molecule has 8 heterocycles. The fourth-order valence-electron chi connectivity index (χ4n) is 7.96. The Hall–Kier alpha value is -5.14. The minimum Gasteiger partial charge on any atom is -0.376 e. The summed E-state index contributed by atoms with van der Waals surface area (Å²) < 4.78 is 87.1. The van der Waals surface area contributed by atoms with E-state index >= 15 is 0 Å². The van der Waals surface area contributed by atoms with Crippen molar-refractivity contribution >= 4 is 83.4 Å². The van der Waals surface area contributed by atoms with E-state index in [-0.39, 0.29) is 46.6 Å². The maximum atomic E-state index is 14.0. The summed E-state index contributed by atoms with van der Waals surface area (Å²) in [6.45, 7) is 10.4. The number of aromatic nitrogens is 8. The maximum absolute atomic E-state index is 14.0. The third-order valence-electron chi connectivity index (χ3n) is 11.5. The van der Waals surface area contributed by atoms with Gasteiger partial charge in [-0.3, -0.25) is 9.13 Å². The van der Waals surface area contributed by atoms with Crippen LogP contribution in [0.25, 0.3) is 22.3 Å². The molecule has 0 bridgehead atoms. The molecule has 0 saturated carbocycles. The normalized spacial score (nSPS) is 21.2. The Morgan fingerprint density at radius 3 is 1.60 bits per heavy atom. The van der Waals surface area contributed by atoms with Crippen LogP contribution < -0.4 is 20.9 Å². The summed E-state index contributed by atoms with van der Waals surface area (Å²) >= 11 is 0. The van der Waals surface area contributed by atoms with E-state index in [4.69, 9.17) is 28.9 Å². The number of nitrogens with one attached hydrogen (secondary N) is 3. The van der Waals surface area contributed by atoms with Crippen LogP contribution in [0.3, 0.4) is 0 Å². The first-order valence-corrected chi connectivity index (χ1v) is 26.2. The van der Waals surface area contributed by atoms with Gasteiger partial charge >= 0.3 is 6.08 Å². The van der Waals surface area contributed by atoms with Gasteiger partial charge in [0, 0.05) is 63.3 Å². The van der Waals surface area contributed by atoms with Gasteiger partial charge in [-0.25, -0.2) is 26.8 Å². The Bertz CT molecular complexity index is 2840. The largest absolute Gasteiger partial charge is 0.376 e. The second-order valence-electron chi connectivity index (χ2n) is 16.9. The highest BCUT2D eigenvalue weighted by Crippen LogP contribution is 2.32. The van der Waals surface area contributed by atoms with E-state index in [1.165, 1.54) is 18.4 Å². The van der Waals surface area contributed by atoms with Crippen LogP contribution in [0.4, 0.5) is 33.3 Å². The summed E-state index contributed by atoms with van der Waals surface area (Å²) in [5.41, 5.74) is 3.39. The van der Waals surface area contributed by atoms with E-state index in [0.717, 1.165) is 71.1 Å². The van der Waals surface area contributed by atoms with Crippen LogP contribution in [0.15, 0.2) is 71.0 Å². The maximum Gasteiger partial charge on any atom is 0.312 e. The second-order valence-corrected chi connectivity index (χ2v) is 20.9. The van der Waals surface area contributed by atoms with Gasteiger partial charge in [-0.15, -0.1) is 12.4 Å². The molecular formula is C44H58ClFN12O8S2. The van der Waals surface area contributed by atoms with Gasteiger partial charge in [0.05, 0.1) is 47.9 Å². The number of anilines is 5. The highest BCUT2D eigenvalue weighted by Gasteiger charge is 2.26. The standard InChI is InChI=1S/C22H28N6O4S.C17H18FN5O3S.C5H11NO.ClH/c1-15-13-27(10-12-31-15)22-25-20(24-16-6-8-17(9-7-16)33(2,29)30)19-21(26-22)28(14-23-19)18-5-3-4-11-32-18;1-27(24,25)12-7-5-11(6-8-12)20-15-14-16(22-17(18)21-15)23(10-19-14)13-4-2-3-9-26-13;1-5-4-6-2-3-7-5;/h6-9,14-15,18H,3-5,10-13H2,1-2H3,(H,24,25,26);5-8,10,13H,2-4,9H2,1H3,(H,20,21,22);5-6H,2-4H2,1H3;1H/t15-,18?;;5-;/m1.1./s1. The van der Waals surface area contributed by atoms with Crippen LogP contribution >= 0.6 is 12.4 Å². The van der Waals surface area contributed by atoms with Gasteiger partial charge in [-0.1, -0.05) is 0 Å². The van der Waals surface area contributed by atoms with Crippen LogP contribution in [0.2, 0.25) is 0 Å². The lowest BCUT2D eigenvalue weighted by Gasteiger charge is -2.31.